The van der Waals surface area contributed by atoms with E-state index in [9.17, 15) is 0 Å². The van der Waals surface area contributed by atoms with Crippen molar-refractivity contribution in [2.24, 2.45) is 5.41 Å². The van der Waals surface area contributed by atoms with Gasteiger partial charge in [-0.2, -0.15) is 0 Å². The molecule has 13 heavy (non-hydrogen) atoms. The van der Waals surface area contributed by atoms with E-state index in [1.165, 1.54) is 45.1 Å². The summed E-state index contributed by atoms with van der Waals surface area (Å²) in [5.41, 5.74) is 0.512. The molecule has 1 fully saturated rings. The highest BCUT2D eigenvalue weighted by molar-refractivity contribution is 4.83. The fourth-order valence-corrected chi connectivity index (χ4v) is 1.65. The van der Waals surface area contributed by atoms with E-state index >= 15 is 0 Å². The predicted octanol–water partition coefficient (Wildman–Crippen LogP) is 3.34. The Hall–Kier alpha value is -0.0400. The molecule has 1 aliphatic rings. The van der Waals surface area contributed by atoms with Crippen molar-refractivity contribution in [1.29, 1.82) is 0 Å². The van der Waals surface area contributed by atoms with Crippen molar-refractivity contribution >= 4 is 0 Å². The number of hydrogen-bond acceptors (Lipinski definition) is 1. The van der Waals surface area contributed by atoms with Gasteiger partial charge >= 0.3 is 0 Å². The third kappa shape index (κ3) is 5.30. The van der Waals surface area contributed by atoms with Crippen LogP contribution in [0.2, 0.25) is 0 Å². The third-order valence-corrected chi connectivity index (χ3v) is 2.90. The van der Waals surface area contributed by atoms with Gasteiger partial charge in [-0.25, -0.2) is 0 Å². The zero-order chi connectivity index (χ0) is 9.73. The first kappa shape index (κ1) is 11.0. The molecule has 1 heteroatoms. The summed E-state index contributed by atoms with van der Waals surface area (Å²) in [6.07, 6.45) is 8.32. The van der Waals surface area contributed by atoms with E-state index in [-0.39, 0.29) is 0 Å². The molecule has 0 bridgehead atoms. The summed E-state index contributed by atoms with van der Waals surface area (Å²) >= 11 is 0. The summed E-state index contributed by atoms with van der Waals surface area (Å²) in [7, 11) is 0. The molecular weight excluding hydrogens is 158 g/mol. The van der Waals surface area contributed by atoms with Crippen LogP contribution in [0.5, 0.6) is 0 Å². The fraction of sp³-hybridized carbons (Fsp3) is 1.00. The number of nitrogens with one attached hydrogen (secondary N) is 1. The third-order valence-electron chi connectivity index (χ3n) is 2.90. The highest BCUT2D eigenvalue weighted by Crippen LogP contribution is 2.25. The minimum atomic E-state index is 0.512. The van der Waals surface area contributed by atoms with Gasteiger partial charge in [0.25, 0.3) is 0 Å². The summed E-state index contributed by atoms with van der Waals surface area (Å²) in [5, 5.41) is 3.62. The lowest BCUT2D eigenvalue weighted by Crippen LogP contribution is -2.30. The van der Waals surface area contributed by atoms with Gasteiger partial charge in [0.1, 0.15) is 0 Å². The highest BCUT2D eigenvalue weighted by Gasteiger charge is 2.24. The van der Waals surface area contributed by atoms with Crippen molar-refractivity contribution in [3.8, 4) is 0 Å². The van der Waals surface area contributed by atoms with Crippen LogP contribution in [-0.4, -0.2) is 12.6 Å². The molecule has 1 saturated carbocycles. The van der Waals surface area contributed by atoms with Crippen LogP contribution in [0.3, 0.4) is 0 Å². The average Bonchev–Trinajstić information content (AvgIpc) is 2.84. The maximum atomic E-state index is 3.62. The first-order valence-corrected chi connectivity index (χ1v) is 5.87. The van der Waals surface area contributed by atoms with E-state index in [2.05, 4.69) is 26.1 Å². The minimum absolute atomic E-state index is 0.512. The standard InChI is InChI=1S/C12H25N/c1-4-5-6-9-12(2,3)10-13-11-7-8-11/h11,13H,4-10H2,1-3H3. The topological polar surface area (TPSA) is 12.0 Å². The van der Waals surface area contributed by atoms with Gasteiger partial charge in [-0.05, 0) is 24.7 Å². The second-order valence-electron chi connectivity index (χ2n) is 5.28. The SMILES string of the molecule is CCCCCC(C)(C)CNC1CC1. The quantitative estimate of drug-likeness (QED) is 0.597. The number of unbranched alkanes of at least 4 members (excludes halogenated alkanes) is 2. The molecule has 1 rings (SSSR count). The Morgan fingerprint density at radius 3 is 2.46 bits per heavy atom. The Labute approximate surface area is 83.3 Å². The van der Waals surface area contributed by atoms with Crippen LogP contribution in [-0.2, 0) is 0 Å². The number of rotatable bonds is 7. The zero-order valence-corrected chi connectivity index (χ0v) is 9.53. The first-order chi connectivity index (χ1) is 6.14. The molecule has 0 atom stereocenters. The Morgan fingerprint density at radius 2 is 1.92 bits per heavy atom. The van der Waals surface area contributed by atoms with Crippen molar-refractivity contribution in [2.75, 3.05) is 6.54 Å². The largest absolute Gasteiger partial charge is 0.313 e. The van der Waals surface area contributed by atoms with Crippen LogP contribution in [0.1, 0.15) is 59.3 Å². The van der Waals surface area contributed by atoms with Gasteiger partial charge < -0.3 is 5.32 Å². The van der Waals surface area contributed by atoms with Crippen molar-refractivity contribution in [3.05, 3.63) is 0 Å². The predicted molar refractivity (Wildman–Crippen MR) is 58.9 cm³/mol. The van der Waals surface area contributed by atoms with Crippen molar-refractivity contribution in [3.63, 3.8) is 0 Å². The molecule has 0 spiro atoms. The lowest BCUT2D eigenvalue weighted by atomic mass is 9.87. The van der Waals surface area contributed by atoms with Crippen LogP contribution < -0.4 is 5.32 Å². The van der Waals surface area contributed by atoms with Gasteiger partial charge in [0.05, 0.1) is 0 Å². The minimum Gasteiger partial charge on any atom is -0.313 e. The fourth-order valence-electron chi connectivity index (χ4n) is 1.65. The second kappa shape index (κ2) is 4.99. The van der Waals surface area contributed by atoms with Crippen molar-refractivity contribution < 1.29 is 0 Å². The lowest BCUT2D eigenvalue weighted by molar-refractivity contribution is 0.301. The molecule has 0 heterocycles. The molecule has 0 radical (unpaired) electrons. The Kier molecular flexibility index (Phi) is 4.24. The maximum absolute atomic E-state index is 3.62. The monoisotopic (exact) mass is 183 g/mol. The summed E-state index contributed by atoms with van der Waals surface area (Å²) in [4.78, 5) is 0. The molecule has 0 aromatic carbocycles. The Morgan fingerprint density at radius 1 is 1.23 bits per heavy atom. The molecule has 78 valence electrons. The van der Waals surface area contributed by atoms with E-state index in [0.29, 0.717) is 5.41 Å². The van der Waals surface area contributed by atoms with E-state index in [1.807, 2.05) is 0 Å². The van der Waals surface area contributed by atoms with Crippen LogP contribution in [0.25, 0.3) is 0 Å². The van der Waals surface area contributed by atoms with Gasteiger partial charge in [0, 0.05) is 12.6 Å². The van der Waals surface area contributed by atoms with Crippen LogP contribution in [0.4, 0.5) is 0 Å². The molecule has 1 aliphatic carbocycles. The summed E-state index contributed by atoms with van der Waals surface area (Å²) in [6, 6.07) is 0.866. The van der Waals surface area contributed by atoms with Crippen molar-refractivity contribution in [2.45, 2.75) is 65.3 Å². The van der Waals surface area contributed by atoms with Crippen LogP contribution in [0, 0.1) is 5.41 Å². The van der Waals surface area contributed by atoms with E-state index < -0.39 is 0 Å². The molecular formula is C12H25N. The first-order valence-electron chi connectivity index (χ1n) is 5.87. The van der Waals surface area contributed by atoms with E-state index in [0.717, 1.165) is 6.04 Å². The Bertz CT molecular complexity index is 136. The molecule has 1 nitrogen and oxygen atoms in total. The van der Waals surface area contributed by atoms with Gasteiger partial charge in [0.2, 0.25) is 0 Å². The Balaban J connectivity index is 2.03. The molecule has 0 aliphatic heterocycles. The molecule has 1 N–H and O–H groups in total. The van der Waals surface area contributed by atoms with E-state index in [4.69, 9.17) is 0 Å². The number of hydrogen-bond donors (Lipinski definition) is 1. The summed E-state index contributed by atoms with van der Waals surface area (Å²) in [6.45, 7) is 8.26. The van der Waals surface area contributed by atoms with Gasteiger partial charge in [-0.1, -0.05) is 40.0 Å². The molecule has 0 unspecified atom stereocenters. The lowest BCUT2D eigenvalue weighted by Gasteiger charge is -2.25. The molecule has 0 aromatic heterocycles. The van der Waals surface area contributed by atoms with Gasteiger partial charge in [-0.3, -0.25) is 0 Å². The van der Waals surface area contributed by atoms with Crippen LogP contribution >= 0.6 is 0 Å². The van der Waals surface area contributed by atoms with Gasteiger partial charge in [-0.15, -0.1) is 0 Å². The molecule has 0 aromatic rings. The highest BCUT2D eigenvalue weighted by atomic mass is 15.0. The zero-order valence-electron chi connectivity index (χ0n) is 9.53. The summed E-state index contributed by atoms with van der Waals surface area (Å²) < 4.78 is 0. The van der Waals surface area contributed by atoms with E-state index in [1.54, 1.807) is 0 Å². The molecule has 0 saturated heterocycles. The molecule has 0 amide bonds. The maximum Gasteiger partial charge on any atom is 0.00684 e. The smallest absolute Gasteiger partial charge is 0.00684 e. The second-order valence-corrected chi connectivity index (χ2v) is 5.28. The van der Waals surface area contributed by atoms with Crippen LogP contribution in [0.15, 0.2) is 0 Å². The normalized spacial score (nSPS) is 17.8. The van der Waals surface area contributed by atoms with Crippen molar-refractivity contribution in [1.82, 2.24) is 5.32 Å². The summed E-state index contributed by atoms with van der Waals surface area (Å²) in [5.74, 6) is 0. The van der Waals surface area contributed by atoms with Gasteiger partial charge in [0.15, 0.2) is 0 Å². The average molecular weight is 183 g/mol.